The van der Waals surface area contributed by atoms with Gasteiger partial charge in [0.05, 0.1) is 26.4 Å². The first-order chi connectivity index (χ1) is 25.1. The maximum atomic E-state index is 6.54. The largest absolute Gasteiger partial charge is 0.494 e. The molecule has 7 heteroatoms. The fraction of sp³-hybridized carbons (Fsp3) is 0.909. The number of allylic oxidation sites excluding steroid dienone is 2. The number of rotatable bonds is 40. The molecule has 7 nitrogen and oxygen atoms in total. The second-order valence-electron chi connectivity index (χ2n) is 14.0. The molecule has 304 valence electrons. The number of hydrogen-bond donors (Lipinski definition) is 0. The maximum Gasteiger partial charge on any atom is 0.162 e. The van der Waals surface area contributed by atoms with Gasteiger partial charge in [0.1, 0.15) is 23.7 Å². The van der Waals surface area contributed by atoms with Crippen LogP contribution >= 0.6 is 0 Å². The van der Waals surface area contributed by atoms with Crippen LogP contribution in [-0.2, 0) is 33.2 Å². The first-order valence-electron chi connectivity index (χ1n) is 21.9. The van der Waals surface area contributed by atoms with E-state index in [0.717, 1.165) is 126 Å². The van der Waals surface area contributed by atoms with Gasteiger partial charge in [-0.05, 0) is 51.4 Å². The van der Waals surface area contributed by atoms with Crippen molar-refractivity contribution in [3.63, 3.8) is 0 Å². The Bertz CT molecular complexity index is 732. The molecular weight excluding hydrogens is 640 g/mol. The van der Waals surface area contributed by atoms with Gasteiger partial charge in [-0.15, -0.1) is 0 Å². The van der Waals surface area contributed by atoms with Crippen molar-refractivity contribution in [3.8, 4) is 0 Å². The molecule has 0 aromatic heterocycles. The molecule has 0 amide bonds. The molecule has 0 bridgehead atoms. The van der Waals surface area contributed by atoms with Gasteiger partial charge in [0.15, 0.2) is 25.1 Å². The summed E-state index contributed by atoms with van der Waals surface area (Å²) in [6.45, 7) is 20.7. The van der Waals surface area contributed by atoms with E-state index in [0.29, 0.717) is 26.4 Å². The molecule has 0 aliphatic rings. The van der Waals surface area contributed by atoms with Crippen molar-refractivity contribution in [2.75, 3.05) is 40.0 Å². The zero-order valence-electron chi connectivity index (χ0n) is 35.2. The first kappa shape index (κ1) is 49.6. The van der Waals surface area contributed by atoms with Crippen LogP contribution in [0.4, 0.5) is 0 Å². The average Bonchev–Trinajstić information content (AvgIpc) is 3.13. The molecule has 0 saturated carbocycles. The van der Waals surface area contributed by atoms with Crippen molar-refractivity contribution < 1.29 is 33.2 Å². The van der Waals surface area contributed by atoms with Crippen LogP contribution in [-0.4, -0.2) is 52.2 Å². The smallest absolute Gasteiger partial charge is 0.162 e. The van der Waals surface area contributed by atoms with E-state index in [9.17, 15) is 0 Å². The predicted octanol–water partition coefficient (Wildman–Crippen LogP) is 13.7. The summed E-state index contributed by atoms with van der Waals surface area (Å²) in [7, 11) is 0. The molecule has 0 aromatic carbocycles. The normalized spacial score (nSPS) is 13.8. The molecule has 0 rings (SSSR count). The summed E-state index contributed by atoms with van der Waals surface area (Å²) in [4.78, 5) is 0. The second kappa shape index (κ2) is 38.3. The molecule has 0 aliphatic heterocycles. The quantitative estimate of drug-likeness (QED) is 0.0354. The number of ether oxygens (including phenoxy) is 7. The van der Waals surface area contributed by atoms with Gasteiger partial charge in [0.25, 0.3) is 0 Å². The fourth-order valence-corrected chi connectivity index (χ4v) is 5.77. The van der Waals surface area contributed by atoms with Crippen molar-refractivity contribution in [2.45, 2.75) is 222 Å². The van der Waals surface area contributed by atoms with E-state index in [1.54, 1.807) is 0 Å². The molecule has 51 heavy (non-hydrogen) atoms. The molecule has 0 spiro atoms. The van der Waals surface area contributed by atoms with Crippen molar-refractivity contribution in [1.29, 1.82) is 0 Å². The third-order valence-electron chi connectivity index (χ3n) is 8.99. The summed E-state index contributed by atoms with van der Waals surface area (Å²) >= 11 is 0. The molecule has 0 aromatic rings. The van der Waals surface area contributed by atoms with Crippen LogP contribution in [0.1, 0.15) is 209 Å². The Morgan fingerprint density at radius 3 is 1.02 bits per heavy atom. The number of hydrogen-bond acceptors (Lipinski definition) is 7. The Labute approximate surface area is 317 Å². The third-order valence-corrected chi connectivity index (χ3v) is 8.99. The highest BCUT2D eigenvalue weighted by molar-refractivity contribution is 5.09. The summed E-state index contributed by atoms with van der Waals surface area (Å²) < 4.78 is 45.0. The highest BCUT2D eigenvalue weighted by Gasteiger charge is 2.25. The van der Waals surface area contributed by atoms with Crippen LogP contribution in [0.3, 0.4) is 0 Å². The molecule has 0 saturated heterocycles. The monoisotopic (exact) mass is 727 g/mol. The van der Waals surface area contributed by atoms with Gasteiger partial charge in [0, 0.05) is 12.8 Å². The minimum Gasteiger partial charge on any atom is -0.494 e. The summed E-state index contributed by atoms with van der Waals surface area (Å²) in [5.41, 5.74) is 0. The summed E-state index contributed by atoms with van der Waals surface area (Å²) in [5.74, 6) is 3.64. The first-order valence-corrected chi connectivity index (χ1v) is 21.9. The Kier molecular flexibility index (Phi) is 37.2. The van der Waals surface area contributed by atoms with Gasteiger partial charge in [0.2, 0.25) is 0 Å². The third kappa shape index (κ3) is 26.9. The Morgan fingerprint density at radius 1 is 0.353 bits per heavy atom. The molecular formula is C44H86O7. The van der Waals surface area contributed by atoms with E-state index in [1.807, 2.05) is 0 Å². The lowest BCUT2D eigenvalue weighted by atomic mass is 10.0. The zero-order valence-corrected chi connectivity index (χ0v) is 35.2. The molecule has 2 atom stereocenters. The summed E-state index contributed by atoms with van der Waals surface area (Å²) in [6, 6.07) is 0. The maximum absolute atomic E-state index is 6.54. The van der Waals surface area contributed by atoms with Crippen LogP contribution in [0.25, 0.3) is 0 Å². The van der Waals surface area contributed by atoms with Crippen molar-refractivity contribution in [2.24, 2.45) is 0 Å². The topological polar surface area (TPSA) is 64.6 Å². The van der Waals surface area contributed by atoms with E-state index in [1.165, 1.54) is 51.4 Å². The summed E-state index contributed by atoms with van der Waals surface area (Å²) in [6.07, 6.45) is 25.5. The van der Waals surface area contributed by atoms with Crippen molar-refractivity contribution in [1.82, 2.24) is 0 Å². The molecule has 2 unspecified atom stereocenters. The molecule has 0 N–H and O–H groups in total. The van der Waals surface area contributed by atoms with Gasteiger partial charge in [-0.25, -0.2) is 0 Å². The van der Waals surface area contributed by atoms with Gasteiger partial charge in [-0.2, -0.15) is 0 Å². The lowest BCUT2D eigenvalue weighted by molar-refractivity contribution is -0.167. The second-order valence-corrected chi connectivity index (χ2v) is 14.0. The van der Waals surface area contributed by atoms with Gasteiger partial charge < -0.3 is 33.2 Å². The molecule has 0 heterocycles. The van der Waals surface area contributed by atoms with E-state index < -0.39 is 0 Å². The van der Waals surface area contributed by atoms with Crippen LogP contribution in [0.15, 0.2) is 23.0 Å². The standard InChI is InChI=1S/C44H86O7/c1-9-17-23-25-27-31-41(43(48-35-21-13-5)39(29-15-7)46-33-19-11-3)50-37-45-38-51-42(32-28-26-24-18-10-2)44(49-36-22-14-6)40(30-16-8)47-34-20-12-4/h41-42H,9-38H2,1-8H3. The highest BCUT2D eigenvalue weighted by Crippen LogP contribution is 2.27. The van der Waals surface area contributed by atoms with E-state index in [2.05, 4.69) is 55.4 Å². The van der Waals surface area contributed by atoms with E-state index in [4.69, 9.17) is 33.2 Å². The Morgan fingerprint density at radius 2 is 0.686 bits per heavy atom. The highest BCUT2D eigenvalue weighted by atomic mass is 16.7. The van der Waals surface area contributed by atoms with Crippen LogP contribution in [0.2, 0.25) is 0 Å². The zero-order chi connectivity index (χ0) is 37.6. The number of unbranched alkanes of at least 4 members (excludes halogenated alkanes) is 12. The summed E-state index contributed by atoms with van der Waals surface area (Å²) in [5, 5.41) is 0. The minimum atomic E-state index is -0.211. The van der Waals surface area contributed by atoms with Gasteiger partial charge in [-0.3, -0.25) is 0 Å². The van der Waals surface area contributed by atoms with E-state index in [-0.39, 0.29) is 25.8 Å². The molecule has 0 radical (unpaired) electrons. The molecule has 0 fully saturated rings. The Hall–Kier alpha value is -1.44. The lowest BCUT2D eigenvalue weighted by Crippen LogP contribution is -2.25. The molecule has 0 aliphatic carbocycles. The van der Waals surface area contributed by atoms with Crippen LogP contribution < -0.4 is 0 Å². The predicted molar refractivity (Wildman–Crippen MR) is 215 cm³/mol. The lowest BCUT2D eigenvalue weighted by Gasteiger charge is -2.26. The van der Waals surface area contributed by atoms with Gasteiger partial charge >= 0.3 is 0 Å². The minimum absolute atomic E-state index is 0.127. The average molecular weight is 727 g/mol. The van der Waals surface area contributed by atoms with Crippen molar-refractivity contribution in [3.05, 3.63) is 23.0 Å². The van der Waals surface area contributed by atoms with Crippen molar-refractivity contribution >= 4 is 0 Å². The van der Waals surface area contributed by atoms with E-state index >= 15 is 0 Å². The Balaban J connectivity index is 6.06. The van der Waals surface area contributed by atoms with Crippen LogP contribution in [0, 0.1) is 0 Å². The van der Waals surface area contributed by atoms with Gasteiger partial charge in [-0.1, -0.05) is 145 Å². The van der Waals surface area contributed by atoms with Crippen LogP contribution in [0.5, 0.6) is 0 Å². The SMILES string of the molecule is CCCCCCCC(OCOCOC(CCCCCCC)C(OCCCC)=C(CCC)OCCCC)C(OCCCC)=C(CCC)OCCCC. The fourth-order valence-electron chi connectivity index (χ4n) is 5.77.